The molecule has 1 atom stereocenters. The lowest BCUT2D eigenvalue weighted by Crippen LogP contribution is -2.36. The molecule has 3 rings (SSSR count). The first-order valence-electron chi connectivity index (χ1n) is 11.0. The van der Waals surface area contributed by atoms with Crippen molar-refractivity contribution in [3.8, 4) is 11.3 Å². The predicted molar refractivity (Wildman–Crippen MR) is 131 cm³/mol. The third-order valence-corrected chi connectivity index (χ3v) is 5.46. The molecule has 172 valence electrons. The van der Waals surface area contributed by atoms with Crippen LogP contribution in [-0.4, -0.2) is 21.6 Å². The zero-order valence-corrected chi connectivity index (χ0v) is 19.9. The highest BCUT2D eigenvalue weighted by atomic mass is 16.2. The van der Waals surface area contributed by atoms with Crippen molar-refractivity contribution in [2.75, 3.05) is 10.6 Å². The van der Waals surface area contributed by atoms with Crippen LogP contribution in [0, 0.1) is 26.7 Å². The summed E-state index contributed by atoms with van der Waals surface area (Å²) in [5.74, 6) is -0.966. The minimum absolute atomic E-state index is 0.0886. The lowest BCUT2D eigenvalue weighted by molar-refractivity contribution is -0.119. The predicted octanol–water partition coefficient (Wildman–Crippen LogP) is 4.63. The van der Waals surface area contributed by atoms with E-state index < -0.39 is 11.6 Å². The Kier molecular flexibility index (Phi) is 7.11. The van der Waals surface area contributed by atoms with E-state index >= 15 is 0 Å². The zero-order chi connectivity index (χ0) is 24.3. The van der Waals surface area contributed by atoms with E-state index in [4.69, 9.17) is 0 Å². The number of nitrogens with one attached hydrogen (secondary N) is 2. The molecule has 2 aromatic carbocycles. The van der Waals surface area contributed by atoms with Crippen molar-refractivity contribution < 1.29 is 9.59 Å². The zero-order valence-electron chi connectivity index (χ0n) is 19.9. The van der Waals surface area contributed by atoms with Crippen LogP contribution in [0.1, 0.15) is 43.5 Å². The first-order valence-corrected chi connectivity index (χ1v) is 11.0. The van der Waals surface area contributed by atoms with Crippen molar-refractivity contribution in [3.05, 3.63) is 75.6 Å². The second-order valence-corrected chi connectivity index (χ2v) is 8.69. The fraction of sp³-hybridized carbons (Fsp3) is 0.308. The lowest BCUT2D eigenvalue weighted by atomic mass is 10.1. The van der Waals surface area contributed by atoms with Gasteiger partial charge in [0.2, 0.25) is 11.8 Å². The topological polar surface area (TPSA) is 93.1 Å². The van der Waals surface area contributed by atoms with Crippen molar-refractivity contribution in [1.29, 1.82) is 0 Å². The summed E-state index contributed by atoms with van der Waals surface area (Å²) < 4.78 is 1.13. The molecule has 0 aliphatic rings. The molecular formula is C26H30N4O3. The molecule has 0 saturated heterocycles. The van der Waals surface area contributed by atoms with Crippen LogP contribution >= 0.6 is 0 Å². The summed E-state index contributed by atoms with van der Waals surface area (Å²) in [6, 6.07) is 14.1. The first-order chi connectivity index (χ1) is 15.6. The summed E-state index contributed by atoms with van der Waals surface area (Å²) in [4.78, 5) is 38.6. The number of aryl methyl sites for hydroxylation is 3. The van der Waals surface area contributed by atoms with Gasteiger partial charge in [-0.2, -0.15) is 5.10 Å². The highest BCUT2D eigenvalue weighted by molar-refractivity contribution is 5.95. The van der Waals surface area contributed by atoms with Gasteiger partial charge in [0, 0.05) is 17.2 Å². The molecule has 2 amide bonds. The van der Waals surface area contributed by atoms with Gasteiger partial charge in [-0.25, -0.2) is 4.68 Å². The fourth-order valence-corrected chi connectivity index (χ4v) is 3.23. The van der Waals surface area contributed by atoms with Gasteiger partial charge in [0.05, 0.1) is 5.69 Å². The number of rotatable bonds is 6. The van der Waals surface area contributed by atoms with E-state index in [2.05, 4.69) is 15.7 Å². The van der Waals surface area contributed by atoms with Crippen LogP contribution in [0.4, 0.5) is 11.4 Å². The number of benzene rings is 2. The monoisotopic (exact) mass is 446 g/mol. The highest BCUT2D eigenvalue weighted by Crippen LogP contribution is 2.22. The SMILES string of the molecule is Cc1ccc(-c2cc(NC(=O)C(C)C)c(=O)n([C@@H](C)C(=O)Nc3cc(C)ccc3C)n2)cc1. The summed E-state index contributed by atoms with van der Waals surface area (Å²) in [6.45, 7) is 10.9. The summed E-state index contributed by atoms with van der Waals surface area (Å²) in [5.41, 5.74) is 4.51. The molecule has 1 aromatic heterocycles. The lowest BCUT2D eigenvalue weighted by Gasteiger charge is -2.18. The van der Waals surface area contributed by atoms with Crippen LogP contribution in [0.2, 0.25) is 0 Å². The minimum atomic E-state index is -0.905. The highest BCUT2D eigenvalue weighted by Gasteiger charge is 2.22. The number of carbonyl (C=O) groups excluding carboxylic acids is 2. The van der Waals surface area contributed by atoms with E-state index in [9.17, 15) is 14.4 Å². The van der Waals surface area contributed by atoms with Crippen LogP contribution in [0.3, 0.4) is 0 Å². The van der Waals surface area contributed by atoms with Gasteiger partial charge in [-0.05, 0) is 51.0 Å². The molecule has 0 bridgehead atoms. The van der Waals surface area contributed by atoms with Crippen LogP contribution in [0.5, 0.6) is 0 Å². The molecule has 0 saturated carbocycles. The largest absolute Gasteiger partial charge is 0.324 e. The Hall–Kier alpha value is -3.74. The second kappa shape index (κ2) is 9.81. The Bertz CT molecular complexity index is 1240. The number of aromatic nitrogens is 2. The Morgan fingerprint density at radius 2 is 1.42 bits per heavy atom. The number of anilines is 2. The quantitative estimate of drug-likeness (QED) is 0.577. The van der Waals surface area contributed by atoms with Crippen molar-refractivity contribution in [3.63, 3.8) is 0 Å². The minimum Gasteiger partial charge on any atom is -0.324 e. The van der Waals surface area contributed by atoms with Crippen LogP contribution in [-0.2, 0) is 9.59 Å². The molecule has 7 nitrogen and oxygen atoms in total. The normalized spacial score (nSPS) is 11.8. The Morgan fingerprint density at radius 3 is 2.06 bits per heavy atom. The molecule has 1 heterocycles. The maximum atomic E-state index is 13.2. The standard InChI is InChI=1S/C26H30N4O3/c1-15(2)24(31)28-23-14-22(20-11-8-16(3)9-12-20)29-30(26(23)33)19(6)25(32)27-21-13-17(4)7-10-18(21)5/h7-15,19H,1-6H3,(H,27,32)(H,28,31)/t19-/m0/s1. The average Bonchev–Trinajstić information content (AvgIpc) is 2.77. The smallest absolute Gasteiger partial charge is 0.291 e. The van der Waals surface area contributed by atoms with Crippen molar-refractivity contribution in [2.45, 2.75) is 47.6 Å². The van der Waals surface area contributed by atoms with E-state index in [1.807, 2.05) is 63.2 Å². The number of amides is 2. The molecule has 0 aliphatic carbocycles. The van der Waals surface area contributed by atoms with E-state index in [1.165, 1.54) is 0 Å². The number of hydrogen-bond donors (Lipinski definition) is 2. The van der Waals surface area contributed by atoms with Gasteiger partial charge in [0.15, 0.2) is 0 Å². The van der Waals surface area contributed by atoms with E-state index in [0.717, 1.165) is 26.9 Å². The van der Waals surface area contributed by atoms with Gasteiger partial charge in [0.25, 0.3) is 5.56 Å². The average molecular weight is 447 g/mol. The molecule has 0 fully saturated rings. The third kappa shape index (κ3) is 5.55. The van der Waals surface area contributed by atoms with E-state index in [0.29, 0.717) is 11.4 Å². The molecule has 0 unspecified atom stereocenters. The maximum absolute atomic E-state index is 13.2. The molecule has 3 aromatic rings. The van der Waals surface area contributed by atoms with Gasteiger partial charge >= 0.3 is 0 Å². The molecule has 33 heavy (non-hydrogen) atoms. The molecule has 0 aliphatic heterocycles. The fourth-order valence-electron chi connectivity index (χ4n) is 3.23. The van der Waals surface area contributed by atoms with Crippen LogP contribution in [0.25, 0.3) is 11.3 Å². The van der Waals surface area contributed by atoms with Crippen molar-refractivity contribution in [2.24, 2.45) is 5.92 Å². The Labute approximate surface area is 193 Å². The van der Waals surface area contributed by atoms with Crippen LogP contribution < -0.4 is 16.2 Å². The Morgan fingerprint density at radius 1 is 0.818 bits per heavy atom. The van der Waals surface area contributed by atoms with Gasteiger partial charge < -0.3 is 10.6 Å². The summed E-state index contributed by atoms with van der Waals surface area (Å²) in [7, 11) is 0. The van der Waals surface area contributed by atoms with Crippen molar-refractivity contribution in [1.82, 2.24) is 9.78 Å². The van der Waals surface area contributed by atoms with Gasteiger partial charge in [-0.15, -0.1) is 0 Å². The van der Waals surface area contributed by atoms with Gasteiger partial charge in [0.1, 0.15) is 11.7 Å². The molecule has 0 spiro atoms. The summed E-state index contributed by atoms with van der Waals surface area (Å²) in [6.07, 6.45) is 0. The molecule has 0 radical (unpaired) electrons. The van der Waals surface area contributed by atoms with Gasteiger partial charge in [-0.1, -0.05) is 55.8 Å². The molecule has 2 N–H and O–H groups in total. The third-order valence-electron chi connectivity index (χ3n) is 5.46. The second-order valence-electron chi connectivity index (χ2n) is 8.69. The van der Waals surface area contributed by atoms with E-state index in [1.54, 1.807) is 26.8 Å². The van der Waals surface area contributed by atoms with Crippen LogP contribution in [0.15, 0.2) is 53.3 Å². The van der Waals surface area contributed by atoms with E-state index in [-0.39, 0.29) is 23.4 Å². The molecule has 7 heteroatoms. The number of hydrogen-bond acceptors (Lipinski definition) is 4. The first kappa shape index (κ1) is 23.9. The van der Waals surface area contributed by atoms with Crippen molar-refractivity contribution >= 4 is 23.2 Å². The molecular weight excluding hydrogens is 416 g/mol. The summed E-state index contributed by atoms with van der Waals surface area (Å²) >= 11 is 0. The Balaban J connectivity index is 2.04. The summed E-state index contributed by atoms with van der Waals surface area (Å²) in [5, 5.41) is 10.1. The number of nitrogens with zero attached hydrogens (tertiary/aromatic N) is 2. The van der Waals surface area contributed by atoms with Gasteiger partial charge in [-0.3, -0.25) is 14.4 Å². The maximum Gasteiger partial charge on any atom is 0.291 e. The number of carbonyl (C=O) groups is 2.